The van der Waals surface area contributed by atoms with Gasteiger partial charge in [0.05, 0.1) is 16.7 Å². The monoisotopic (exact) mass is 480 g/mol. The van der Waals surface area contributed by atoms with Gasteiger partial charge in [0.1, 0.15) is 11.3 Å². The molecule has 1 unspecified atom stereocenters. The molecule has 35 heavy (non-hydrogen) atoms. The van der Waals surface area contributed by atoms with Gasteiger partial charge in [0.25, 0.3) is 0 Å². The SMILES string of the molecule is Cc1c(OC2OC(C)(C)[C@H](C)[C@@H]3OC(=O)O[C@H]23)ccc2c(O)c(/N=N/c3ccccc3)c(=O)oc12. The number of hydrogen-bond donors (Lipinski definition) is 1. The van der Waals surface area contributed by atoms with Crippen molar-refractivity contribution in [3.63, 3.8) is 0 Å². The number of azo groups is 1. The van der Waals surface area contributed by atoms with E-state index < -0.39 is 35.9 Å². The third-order valence-corrected chi connectivity index (χ3v) is 6.55. The normalized spacial score (nSPS) is 25.3. The van der Waals surface area contributed by atoms with E-state index >= 15 is 0 Å². The van der Waals surface area contributed by atoms with E-state index in [0.29, 0.717) is 17.0 Å². The maximum atomic E-state index is 12.6. The molecule has 0 radical (unpaired) electrons. The third-order valence-electron chi connectivity index (χ3n) is 6.55. The topological polar surface area (TPSA) is 129 Å². The first kappa shape index (κ1) is 22.9. The average molecular weight is 480 g/mol. The van der Waals surface area contributed by atoms with Gasteiger partial charge < -0.3 is 28.5 Å². The Kier molecular flexibility index (Phi) is 5.47. The van der Waals surface area contributed by atoms with E-state index in [1.807, 2.05) is 26.8 Å². The van der Waals surface area contributed by atoms with Gasteiger partial charge in [-0.05, 0) is 45.0 Å². The lowest BCUT2D eigenvalue weighted by Crippen LogP contribution is -2.58. The largest absolute Gasteiger partial charge is 0.509 e. The molecule has 3 aromatic rings. The van der Waals surface area contributed by atoms with Crippen molar-refractivity contribution < 1.29 is 33.3 Å². The van der Waals surface area contributed by atoms with E-state index in [2.05, 4.69) is 10.2 Å². The number of nitrogens with zero attached hydrogens (tertiary/aromatic N) is 2. The molecule has 1 aromatic heterocycles. The highest BCUT2D eigenvalue weighted by Crippen LogP contribution is 2.42. The molecule has 3 heterocycles. The molecule has 4 atom stereocenters. The Labute approximate surface area is 200 Å². The van der Waals surface area contributed by atoms with Gasteiger partial charge in [0.15, 0.2) is 11.9 Å². The molecule has 5 rings (SSSR count). The van der Waals surface area contributed by atoms with Crippen LogP contribution < -0.4 is 10.4 Å². The van der Waals surface area contributed by atoms with E-state index in [1.165, 1.54) is 0 Å². The zero-order valence-corrected chi connectivity index (χ0v) is 19.6. The highest BCUT2D eigenvalue weighted by atomic mass is 16.8. The number of hydrogen-bond acceptors (Lipinski definition) is 10. The number of benzene rings is 2. The highest BCUT2D eigenvalue weighted by Gasteiger charge is 2.56. The fraction of sp³-hybridized carbons (Fsp3) is 0.360. The number of carbonyl (C=O) groups is 1. The van der Waals surface area contributed by atoms with E-state index in [1.54, 1.807) is 43.3 Å². The number of carbonyl (C=O) groups excluding carboxylic acids is 1. The first-order valence-electron chi connectivity index (χ1n) is 11.1. The van der Waals surface area contributed by atoms with Crippen molar-refractivity contribution in [2.45, 2.75) is 51.8 Å². The van der Waals surface area contributed by atoms with Crippen LogP contribution in [0.5, 0.6) is 11.5 Å². The van der Waals surface area contributed by atoms with Crippen LogP contribution in [0.1, 0.15) is 26.3 Å². The van der Waals surface area contributed by atoms with Crippen LogP contribution >= 0.6 is 0 Å². The van der Waals surface area contributed by atoms with Crippen molar-refractivity contribution in [1.29, 1.82) is 0 Å². The summed E-state index contributed by atoms with van der Waals surface area (Å²) >= 11 is 0. The summed E-state index contributed by atoms with van der Waals surface area (Å²) in [7, 11) is 0. The Morgan fingerprint density at radius 3 is 2.46 bits per heavy atom. The van der Waals surface area contributed by atoms with Gasteiger partial charge >= 0.3 is 11.8 Å². The molecule has 10 nitrogen and oxygen atoms in total. The second-order valence-corrected chi connectivity index (χ2v) is 9.10. The van der Waals surface area contributed by atoms with Crippen LogP contribution in [0.25, 0.3) is 11.0 Å². The molecular formula is C25H24N2O8. The fourth-order valence-corrected chi connectivity index (χ4v) is 4.24. The molecule has 1 N–H and O–H groups in total. The third kappa shape index (κ3) is 3.99. The molecule has 2 fully saturated rings. The van der Waals surface area contributed by atoms with Crippen molar-refractivity contribution in [2.75, 3.05) is 0 Å². The Morgan fingerprint density at radius 2 is 1.71 bits per heavy atom. The molecule has 0 saturated carbocycles. The lowest BCUT2D eigenvalue weighted by atomic mass is 9.82. The molecule has 0 spiro atoms. The summed E-state index contributed by atoms with van der Waals surface area (Å²) in [4.78, 5) is 24.4. The molecular weight excluding hydrogens is 456 g/mol. The van der Waals surface area contributed by atoms with Crippen LogP contribution in [0, 0.1) is 12.8 Å². The quantitative estimate of drug-likeness (QED) is 0.303. The Morgan fingerprint density at radius 1 is 1.00 bits per heavy atom. The summed E-state index contributed by atoms with van der Waals surface area (Å²) in [6.45, 7) is 7.36. The van der Waals surface area contributed by atoms with Gasteiger partial charge in [0, 0.05) is 11.5 Å². The maximum absolute atomic E-state index is 12.6. The molecule has 2 aromatic carbocycles. The molecule has 0 aliphatic carbocycles. The van der Waals surface area contributed by atoms with E-state index in [9.17, 15) is 14.7 Å². The second kappa shape index (κ2) is 8.38. The summed E-state index contributed by atoms with van der Waals surface area (Å²) < 4.78 is 28.3. The standard InChI is InChI=1S/C25H24N2O8/c1-12-16(31-23-21-20(33-24(30)34-21)13(2)25(3,4)35-23)11-10-15-18(28)17(22(29)32-19(12)15)27-26-14-8-6-5-7-9-14/h5-11,13,20-21,23,28H,1-4H3/b27-26+/t13-,20+,21+,23?/m1/s1. The fourth-order valence-electron chi connectivity index (χ4n) is 4.24. The Balaban J connectivity index is 1.49. The lowest BCUT2D eigenvalue weighted by Gasteiger charge is -2.44. The summed E-state index contributed by atoms with van der Waals surface area (Å²) in [5, 5.41) is 18.9. The summed E-state index contributed by atoms with van der Waals surface area (Å²) in [5.74, 6) is -0.154. The van der Waals surface area contributed by atoms with Crippen LogP contribution in [0.4, 0.5) is 16.2 Å². The van der Waals surface area contributed by atoms with Crippen LogP contribution in [-0.2, 0) is 14.2 Å². The number of rotatable bonds is 4. The first-order valence-corrected chi connectivity index (χ1v) is 11.1. The Bertz CT molecular complexity index is 1380. The Hall–Kier alpha value is -3.92. The van der Waals surface area contributed by atoms with Crippen molar-refractivity contribution >= 4 is 28.5 Å². The van der Waals surface area contributed by atoms with E-state index in [0.717, 1.165) is 0 Å². The molecule has 2 saturated heterocycles. The summed E-state index contributed by atoms with van der Waals surface area (Å²) in [5.41, 5.74) is -0.721. The molecule has 0 amide bonds. The van der Waals surface area contributed by atoms with Crippen LogP contribution in [0.2, 0.25) is 0 Å². The van der Waals surface area contributed by atoms with Gasteiger partial charge in [-0.3, -0.25) is 0 Å². The minimum Gasteiger partial charge on any atom is -0.505 e. The molecule has 10 heteroatoms. The first-order chi connectivity index (χ1) is 16.7. The molecule has 0 bridgehead atoms. The number of aromatic hydroxyl groups is 1. The van der Waals surface area contributed by atoms with Gasteiger partial charge in [-0.25, -0.2) is 9.59 Å². The van der Waals surface area contributed by atoms with Crippen LogP contribution in [-0.4, -0.2) is 35.4 Å². The maximum Gasteiger partial charge on any atom is 0.509 e. The smallest absolute Gasteiger partial charge is 0.505 e. The van der Waals surface area contributed by atoms with Crippen LogP contribution in [0.15, 0.2) is 61.9 Å². The van der Waals surface area contributed by atoms with Crippen molar-refractivity contribution in [1.82, 2.24) is 0 Å². The number of ether oxygens (including phenoxy) is 4. The number of fused-ring (bicyclic) bond motifs is 2. The van der Waals surface area contributed by atoms with Crippen molar-refractivity contribution in [2.24, 2.45) is 16.1 Å². The summed E-state index contributed by atoms with van der Waals surface area (Å²) in [6, 6.07) is 12.0. The molecule has 2 aliphatic rings. The average Bonchev–Trinajstić information content (AvgIpc) is 3.22. The molecule has 182 valence electrons. The van der Waals surface area contributed by atoms with Gasteiger partial charge in [-0.2, -0.15) is 5.11 Å². The van der Waals surface area contributed by atoms with Gasteiger partial charge in [-0.15, -0.1) is 5.11 Å². The predicted octanol–water partition coefficient (Wildman–Crippen LogP) is 5.28. The highest BCUT2D eigenvalue weighted by molar-refractivity contribution is 5.90. The van der Waals surface area contributed by atoms with Crippen molar-refractivity contribution in [3.8, 4) is 11.5 Å². The lowest BCUT2D eigenvalue weighted by molar-refractivity contribution is -0.260. The predicted molar refractivity (Wildman–Crippen MR) is 123 cm³/mol. The van der Waals surface area contributed by atoms with E-state index in [-0.39, 0.29) is 28.3 Å². The second-order valence-electron chi connectivity index (χ2n) is 9.10. The molecule has 2 aliphatic heterocycles. The van der Waals surface area contributed by atoms with Gasteiger partial charge in [0.2, 0.25) is 18.1 Å². The zero-order valence-electron chi connectivity index (χ0n) is 19.6. The van der Waals surface area contributed by atoms with Crippen LogP contribution in [0.3, 0.4) is 0 Å². The van der Waals surface area contributed by atoms with Crippen molar-refractivity contribution in [3.05, 3.63) is 58.4 Å². The summed E-state index contributed by atoms with van der Waals surface area (Å²) in [6.07, 6.45) is -3.02. The minimum absolute atomic E-state index is 0.128. The minimum atomic E-state index is -0.951. The van der Waals surface area contributed by atoms with E-state index in [4.69, 9.17) is 23.4 Å². The van der Waals surface area contributed by atoms with Gasteiger partial charge in [-0.1, -0.05) is 25.1 Å². The zero-order chi connectivity index (χ0) is 24.9. The number of aryl methyl sites for hydroxylation is 1.